The van der Waals surface area contributed by atoms with Crippen LogP contribution in [-0.4, -0.2) is 38.4 Å². The smallest absolute Gasteiger partial charge is 0.378 e. The van der Waals surface area contributed by atoms with Crippen LogP contribution in [0, 0.1) is 0 Å². The molecular weight excluding hydrogens is 145 g/mol. The van der Waals surface area contributed by atoms with E-state index < -0.39 is 5.97 Å². The van der Waals surface area contributed by atoms with Crippen molar-refractivity contribution in [3.05, 3.63) is 12.7 Å². The van der Waals surface area contributed by atoms with Crippen LogP contribution < -0.4 is 0 Å². The Labute approximate surface area is 66.3 Å². The van der Waals surface area contributed by atoms with Crippen molar-refractivity contribution in [2.24, 2.45) is 0 Å². The molecule has 0 saturated heterocycles. The summed E-state index contributed by atoms with van der Waals surface area (Å²) in [5.74, 6) is -1.02. The van der Waals surface area contributed by atoms with Crippen LogP contribution >= 0.6 is 0 Å². The first-order valence-electron chi connectivity index (χ1n) is 2.89. The maximum atomic E-state index is 10.7. The zero-order chi connectivity index (χ0) is 8.85. The van der Waals surface area contributed by atoms with Crippen molar-refractivity contribution >= 4 is 19.9 Å². The lowest BCUT2D eigenvalue weighted by molar-refractivity contribution is -0.139. The highest BCUT2D eigenvalue weighted by Crippen LogP contribution is 1.86. The molecule has 2 radical (unpaired) electrons. The van der Waals surface area contributed by atoms with Crippen LogP contribution in [0.1, 0.15) is 0 Å². The Morgan fingerprint density at radius 3 is 2.64 bits per heavy atom. The van der Waals surface area contributed by atoms with E-state index in [1.54, 1.807) is 0 Å². The van der Waals surface area contributed by atoms with E-state index >= 15 is 0 Å². The monoisotopic (exact) mass is 153 g/mol. The van der Waals surface area contributed by atoms with E-state index in [2.05, 4.69) is 19.3 Å². The number of hydrogen-bond acceptors (Lipinski definition) is 3. The minimum absolute atomic E-state index is 0.165. The second kappa shape index (κ2) is 4.54. The highest BCUT2D eigenvalue weighted by atomic mass is 16.5. The molecule has 4 nitrogen and oxygen atoms in total. The first-order valence-corrected chi connectivity index (χ1v) is 2.89. The van der Waals surface area contributed by atoms with Crippen molar-refractivity contribution in [3.63, 3.8) is 0 Å². The predicted octanol–water partition coefficient (Wildman–Crippen LogP) is -0.743. The van der Waals surface area contributed by atoms with Gasteiger partial charge in [-0.1, -0.05) is 6.58 Å². The highest BCUT2D eigenvalue weighted by Gasteiger charge is 2.08. The lowest BCUT2D eigenvalue weighted by Gasteiger charge is -2.12. The molecule has 0 spiro atoms. The fraction of sp³-hybridized carbons (Fsp3) is 0.333. The standard InChI is InChI=1S/C6H8BNO3/c1-3-5(9)8(2)4-6(10)11-7/h3H,1,4H2,2H3. The molecule has 5 heteroatoms. The summed E-state index contributed by atoms with van der Waals surface area (Å²) < 4.78 is 3.85. The fourth-order valence-corrected chi connectivity index (χ4v) is 0.465. The van der Waals surface area contributed by atoms with Crippen molar-refractivity contribution in [1.29, 1.82) is 0 Å². The van der Waals surface area contributed by atoms with Crippen LogP contribution in [0.25, 0.3) is 0 Å². The summed E-state index contributed by atoms with van der Waals surface area (Å²) in [6.07, 6.45) is 1.10. The maximum absolute atomic E-state index is 10.7. The molecule has 0 atom stereocenters. The van der Waals surface area contributed by atoms with Crippen molar-refractivity contribution in [3.8, 4) is 0 Å². The summed E-state index contributed by atoms with van der Waals surface area (Å²) in [6, 6.07) is 0. The van der Waals surface area contributed by atoms with Crippen LogP contribution in [0.2, 0.25) is 0 Å². The van der Waals surface area contributed by atoms with Gasteiger partial charge in [0.1, 0.15) is 6.54 Å². The molecule has 0 aromatic carbocycles. The molecule has 0 N–H and O–H groups in total. The van der Waals surface area contributed by atoms with Crippen molar-refractivity contribution < 1.29 is 14.2 Å². The van der Waals surface area contributed by atoms with Gasteiger partial charge in [-0.05, 0) is 6.08 Å². The molecule has 0 heterocycles. The van der Waals surface area contributed by atoms with Gasteiger partial charge in [-0.2, -0.15) is 0 Å². The van der Waals surface area contributed by atoms with E-state index in [4.69, 9.17) is 0 Å². The molecule has 0 unspecified atom stereocenters. The van der Waals surface area contributed by atoms with E-state index in [1.165, 1.54) is 7.05 Å². The van der Waals surface area contributed by atoms with Gasteiger partial charge < -0.3 is 9.55 Å². The molecule has 58 valence electrons. The summed E-state index contributed by atoms with van der Waals surface area (Å²) in [4.78, 5) is 22.3. The van der Waals surface area contributed by atoms with Gasteiger partial charge in [0.05, 0.1) is 0 Å². The van der Waals surface area contributed by atoms with Gasteiger partial charge in [0.15, 0.2) is 0 Å². The van der Waals surface area contributed by atoms with Gasteiger partial charge in [-0.15, -0.1) is 0 Å². The summed E-state index contributed by atoms with van der Waals surface area (Å²) in [6.45, 7) is 3.07. The number of carbonyl (C=O) groups excluding carboxylic acids is 2. The number of hydrogen-bond donors (Lipinski definition) is 0. The van der Waals surface area contributed by atoms with Gasteiger partial charge in [0, 0.05) is 7.05 Å². The molecule has 0 saturated carbocycles. The molecule has 0 aliphatic heterocycles. The molecule has 0 aliphatic carbocycles. The zero-order valence-corrected chi connectivity index (χ0v) is 6.24. The van der Waals surface area contributed by atoms with E-state index in [-0.39, 0.29) is 12.5 Å². The van der Waals surface area contributed by atoms with Crippen LogP contribution in [0.3, 0.4) is 0 Å². The van der Waals surface area contributed by atoms with E-state index in [0.717, 1.165) is 11.0 Å². The molecule has 0 aromatic heterocycles. The SMILES string of the molecule is [B]OC(=O)CN(C)C(=O)C=C. The molecule has 1 amide bonds. The molecule has 0 rings (SSSR count). The molecular formula is C6H8BNO3. The molecule has 0 aliphatic rings. The van der Waals surface area contributed by atoms with E-state index in [0.29, 0.717) is 0 Å². The number of nitrogens with zero attached hydrogens (tertiary/aromatic N) is 1. The topological polar surface area (TPSA) is 46.6 Å². The fourth-order valence-electron chi connectivity index (χ4n) is 0.465. The summed E-state index contributed by atoms with van der Waals surface area (Å²) >= 11 is 0. The highest BCUT2D eigenvalue weighted by molar-refractivity contribution is 6.06. The maximum Gasteiger partial charge on any atom is 0.378 e. The first-order chi connectivity index (χ1) is 5.11. The molecule has 0 fully saturated rings. The Bertz CT molecular complexity index is 181. The molecule has 0 bridgehead atoms. The van der Waals surface area contributed by atoms with E-state index in [1.807, 2.05) is 0 Å². The van der Waals surface area contributed by atoms with Gasteiger partial charge in [-0.25, -0.2) is 0 Å². The number of amides is 1. The van der Waals surface area contributed by atoms with Crippen LogP contribution in [-0.2, 0) is 14.2 Å². The number of rotatable bonds is 3. The Hall–Kier alpha value is -1.26. The lowest BCUT2D eigenvalue weighted by Crippen LogP contribution is -2.31. The van der Waals surface area contributed by atoms with Gasteiger partial charge in [0.25, 0.3) is 0 Å². The second-order valence-electron chi connectivity index (χ2n) is 1.89. The Morgan fingerprint density at radius 2 is 2.27 bits per heavy atom. The van der Waals surface area contributed by atoms with Gasteiger partial charge >= 0.3 is 14.0 Å². The third-order valence-corrected chi connectivity index (χ3v) is 1.05. The Kier molecular flexibility index (Phi) is 4.03. The third kappa shape index (κ3) is 3.45. The normalized spacial score (nSPS) is 8.45. The minimum Gasteiger partial charge on any atom is -0.542 e. The lowest BCUT2D eigenvalue weighted by atomic mass is 10.4. The Balaban J connectivity index is 3.86. The Morgan fingerprint density at radius 1 is 1.73 bits per heavy atom. The summed E-state index contributed by atoms with van der Waals surface area (Å²) in [5.41, 5.74) is 0. The van der Waals surface area contributed by atoms with Gasteiger partial charge in [0.2, 0.25) is 5.91 Å². The van der Waals surface area contributed by atoms with Gasteiger partial charge in [-0.3, -0.25) is 9.59 Å². The predicted molar refractivity (Wildman–Crippen MR) is 39.7 cm³/mol. The van der Waals surface area contributed by atoms with E-state index in [9.17, 15) is 9.59 Å². The molecule has 0 aromatic rings. The molecule has 11 heavy (non-hydrogen) atoms. The van der Waals surface area contributed by atoms with Crippen LogP contribution in [0.5, 0.6) is 0 Å². The first kappa shape index (κ1) is 9.74. The number of carbonyl (C=O) groups is 2. The minimum atomic E-state index is -0.664. The second-order valence-corrected chi connectivity index (χ2v) is 1.89. The average molecular weight is 153 g/mol. The number of likely N-dealkylation sites (N-methyl/N-ethyl adjacent to an activating group) is 1. The van der Waals surface area contributed by atoms with Crippen molar-refractivity contribution in [1.82, 2.24) is 4.90 Å². The largest absolute Gasteiger partial charge is 0.542 e. The summed E-state index contributed by atoms with van der Waals surface area (Å²) in [5, 5.41) is 0. The quantitative estimate of drug-likeness (QED) is 0.396. The summed E-state index contributed by atoms with van der Waals surface area (Å²) in [7, 11) is 5.99. The van der Waals surface area contributed by atoms with Crippen molar-refractivity contribution in [2.45, 2.75) is 0 Å². The average Bonchev–Trinajstić information content (AvgIpc) is 2.02. The van der Waals surface area contributed by atoms with Crippen molar-refractivity contribution in [2.75, 3.05) is 13.6 Å². The zero-order valence-electron chi connectivity index (χ0n) is 6.24. The third-order valence-electron chi connectivity index (χ3n) is 1.05. The van der Waals surface area contributed by atoms with Crippen LogP contribution in [0.4, 0.5) is 0 Å². The van der Waals surface area contributed by atoms with Crippen LogP contribution in [0.15, 0.2) is 12.7 Å².